The number of amides is 1. The SMILES string of the molecule is COc1cc(/C=C/C(=O)N(C)C(C)c2ccc(-n3cncn3)cc2)cc2c1OCCO2. The van der Waals surface area contributed by atoms with E-state index in [9.17, 15) is 4.79 Å². The zero-order chi connectivity index (χ0) is 21.8. The fraction of sp³-hybridized carbons (Fsp3) is 0.261. The van der Waals surface area contributed by atoms with Crippen molar-refractivity contribution >= 4 is 12.0 Å². The largest absolute Gasteiger partial charge is 0.493 e. The number of methoxy groups -OCH3 is 1. The van der Waals surface area contributed by atoms with Gasteiger partial charge in [0.15, 0.2) is 11.5 Å². The maximum atomic E-state index is 12.8. The molecule has 0 aliphatic carbocycles. The molecule has 0 radical (unpaired) electrons. The average Bonchev–Trinajstić information content (AvgIpc) is 3.36. The van der Waals surface area contributed by atoms with Crippen molar-refractivity contribution in [3.05, 3.63) is 66.3 Å². The molecular formula is C23H24N4O4. The molecule has 160 valence electrons. The number of fused-ring (bicyclic) bond motifs is 1. The number of nitrogens with zero attached hydrogens (tertiary/aromatic N) is 4. The third-order valence-corrected chi connectivity index (χ3v) is 5.26. The summed E-state index contributed by atoms with van der Waals surface area (Å²) in [4.78, 5) is 18.4. The van der Waals surface area contributed by atoms with Gasteiger partial charge in [0, 0.05) is 13.1 Å². The molecule has 3 aromatic rings. The molecule has 1 aliphatic rings. The van der Waals surface area contributed by atoms with Crippen molar-refractivity contribution in [1.82, 2.24) is 19.7 Å². The third-order valence-electron chi connectivity index (χ3n) is 5.26. The second-order valence-corrected chi connectivity index (χ2v) is 7.14. The van der Waals surface area contributed by atoms with E-state index in [0.29, 0.717) is 30.5 Å². The topological polar surface area (TPSA) is 78.7 Å². The maximum Gasteiger partial charge on any atom is 0.246 e. The van der Waals surface area contributed by atoms with E-state index in [1.165, 1.54) is 6.33 Å². The number of rotatable bonds is 6. The van der Waals surface area contributed by atoms with E-state index >= 15 is 0 Å². The average molecular weight is 420 g/mol. The van der Waals surface area contributed by atoms with Gasteiger partial charge in [-0.2, -0.15) is 5.10 Å². The Morgan fingerprint density at radius 1 is 1.23 bits per heavy atom. The molecule has 0 fully saturated rings. The first-order valence-corrected chi connectivity index (χ1v) is 9.94. The standard InChI is InChI=1S/C23H24N4O4/c1-16(18-5-7-19(8-6-18)27-15-24-14-25-27)26(2)22(28)9-4-17-12-20(29-3)23-21(13-17)30-10-11-31-23/h4-9,12-16H,10-11H2,1-3H3/b9-4+. The zero-order valence-electron chi connectivity index (χ0n) is 17.7. The van der Waals surface area contributed by atoms with Crippen LogP contribution in [0.25, 0.3) is 11.8 Å². The molecule has 1 aromatic heterocycles. The summed E-state index contributed by atoms with van der Waals surface area (Å²) < 4.78 is 18.4. The van der Waals surface area contributed by atoms with Gasteiger partial charge in [-0.25, -0.2) is 9.67 Å². The van der Waals surface area contributed by atoms with Crippen LogP contribution in [-0.4, -0.2) is 52.9 Å². The van der Waals surface area contributed by atoms with Crippen molar-refractivity contribution in [3.63, 3.8) is 0 Å². The lowest BCUT2D eigenvalue weighted by molar-refractivity contribution is -0.126. The molecule has 31 heavy (non-hydrogen) atoms. The number of aromatic nitrogens is 3. The predicted molar refractivity (Wildman–Crippen MR) is 116 cm³/mol. The summed E-state index contributed by atoms with van der Waals surface area (Å²) in [6, 6.07) is 11.4. The summed E-state index contributed by atoms with van der Waals surface area (Å²) in [5.74, 6) is 1.68. The summed E-state index contributed by atoms with van der Waals surface area (Å²) in [6.07, 6.45) is 6.43. The van der Waals surface area contributed by atoms with E-state index in [2.05, 4.69) is 10.1 Å². The van der Waals surface area contributed by atoms with Crippen molar-refractivity contribution in [2.75, 3.05) is 27.4 Å². The van der Waals surface area contributed by atoms with Gasteiger partial charge in [-0.05, 0) is 48.4 Å². The monoisotopic (exact) mass is 420 g/mol. The van der Waals surface area contributed by atoms with Crippen LogP contribution in [0.4, 0.5) is 0 Å². The number of hydrogen-bond donors (Lipinski definition) is 0. The second kappa shape index (κ2) is 8.91. The van der Waals surface area contributed by atoms with Gasteiger partial charge >= 0.3 is 0 Å². The summed E-state index contributed by atoms with van der Waals surface area (Å²) in [7, 11) is 3.36. The van der Waals surface area contributed by atoms with Gasteiger partial charge < -0.3 is 19.1 Å². The van der Waals surface area contributed by atoms with Crippen molar-refractivity contribution in [1.29, 1.82) is 0 Å². The first-order valence-electron chi connectivity index (χ1n) is 9.94. The van der Waals surface area contributed by atoms with Crippen LogP contribution in [0.15, 0.2) is 55.1 Å². The highest BCUT2D eigenvalue weighted by molar-refractivity contribution is 5.92. The van der Waals surface area contributed by atoms with Gasteiger partial charge in [0.25, 0.3) is 0 Å². The van der Waals surface area contributed by atoms with E-state index < -0.39 is 0 Å². The first-order chi connectivity index (χ1) is 15.1. The molecule has 8 nitrogen and oxygen atoms in total. The van der Waals surface area contributed by atoms with E-state index in [1.807, 2.05) is 43.3 Å². The van der Waals surface area contributed by atoms with Crippen LogP contribution in [-0.2, 0) is 4.79 Å². The summed E-state index contributed by atoms with van der Waals surface area (Å²) in [5.41, 5.74) is 2.73. The van der Waals surface area contributed by atoms with Gasteiger partial charge in [-0.3, -0.25) is 4.79 Å². The summed E-state index contributed by atoms with van der Waals surface area (Å²) in [6.45, 7) is 2.96. The molecule has 0 bridgehead atoms. The molecule has 0 saturated heterocycles. The second-order valence-electron chi connectivity index (χ2n) is 7.14. The molecule has 0 saturated carbocycles. The molecule has 4 rings (SSSR count). The Bertz CT molecular complexity index is 1060. The normalized spacial score (nSPS) is 13.8. The van der Waals surface area contributed by atoms with E-state index in [0.717, 1.165) is 16.8 Å². The zero-order valence-corrected chi connectivity index (χ0v) is 17.7. The van der Waals surface area contributed by atoms with Crippen molar-refractivity contribution in [3.8, 4) is 22.9 Å². The van der Waals surface area contributed by atoms with E-state index in [1.54, 1.807) is 42.2 Å². The maximum absolute atomic E-state index is 12.8. The Hall–Kier alpha value is -3.81. The van der Waals surface area contributed by atoms with Gasteiger partial charge in [-0.15, -0.1) is 0 Å². The van der Waals surface area contributed by atoms with Crippen LogP contribution in [0.1, 0.15) is 24.1 Å². The lowest BCUT2D eigenvalue weighted by Crippen LogP contribution is -2.28. The quantitative estimate of drug-likeness (QED) is 0.570. The Kier molecular flexibility index (Phi) is 5.88. The van der Waals surface area contributed by atoms with Gasteiger partial charge in [-0.1, -0.05) is 12.1 Å². The number of ether oxygens (including phenoxy) is 3. The van der Waals surface area contributed by atoms with Crippen LogP contribution < -0.4 is 14.2 Å². The number of carbonyl (C=O) groups excluding carboxylic acids is 1. The van der Waals surface area contributed by atoms with Gasteiger partial charge in [0.2, 0.25) is 11.7 Å². The number of likely N-dealkylation sites (N-methyl/N-ethyl adjacent to an activating group) is 1. The third kappa shape index (κ3) is 4.37. The van der Waals surface area contributed by atoms with Crippen molar-refractivity contribution < 1.29 is 19.0 Å². The molecule has 8 heteroatoms. The molecular weight excluding hydrogens is 396 g/mol. The fourth-order valence-corrected chi connectivity index (χ4v) is 3.34. The van der Waals surface area contributed by atoms with Crippen LogP contribution in [0, 0.1) is 0 Å². The van der Waals surface area contributed by atoms with Crippen molar-refractivity contribution in [2.24, 2.45) is 0 Å². The highest BCUT2D eigenvalue weighted by Gasteiger charge is 2.19. The molecule has 2 aromatic carbocycles. The fourth-order valence-electron chi connectivity index (χ4n) is 3.34. The van der Waals surface area contributed by atoms with E-state index in [-0.39, 0.29) is 11.9 Å². The van der Waals surface area contributed by atoms with E-state index in [4.69, 9.17) is 14.2 Å². The lowest BCUT2D eigenvalue weighted by Gasteiger charge is -2.24. The van der Waals surface area contributed by atoms with Crippen LogP contribution in [0.3, 0.4) is 0 Å². The minimum Gasteiger partial charge on any atom is -0.493 e. The molecule has 1 amide bonds. The Labute approximate surface area is 180 Å². The van der Waals surface area contributed by atoms with Crippen molar-refractivity contribution in [2.45, 2.75) is 13.0 Å². The smallest absolute Gasteiger partial charge is 0.246 e. The molecule has 0 N–H and O–H groups in total. The first kappa shape index (κ1) is 20.5. The molecule has 1 aliphatic heterocycles. The summed E-state index contributed by atoms with van der Waals surface area (Å²) >= 11 is 0. The highest BCUT2D eigenvalue weighted by Crippen LogP contribution is 2.40. The Balaban J connectivity index is 1.46. The number of benzene rings is 2. The Morgan fingerprint density at radius 3 is 2.71 bits per heavy atom. The van der Waals surface area contributed by atoms with Crippen LogP contribution in [0.5, 0.6) is 17.2 Å². The Morgan fingerprint density at radius 2 is 2.00 bits per heavy atom. The summed E-state index contributed by atoms with van der Waals surface area (Å²) in [5, 5.41) is 4.12. The number of hydrogen-bond acceptors (Lipinski definition) is 6. The predicted octanol–water partition coefficient (Wildman–Crippen LogP) is 3.28. The molecule has 1 atom stereocenters. The minimum absolute atomic E-state index is 0.100. The van der Waals surface area contributed by atoms with Crippen LogP contribution in [0.2, 0.25) is 0 Å². The van der Waals surface area contributed by atoms with Crippen LogP contribution >= 0.6 is 0 Å². The molecule has 0 spiro atoms. The van der Waals surface area contributed by atoms with Gasteiger partial charge in [0.1, 0.15) is 25.9 Å². The minimum atomic E-state index is -0.110. The lowest BCUT2D eigenvalue weighted by atomic mass is 10.1. The molecule has 1 unspecified atom stereocenters. The number of carbonyl (C=O) groups is 1. The molecule has 2 heterocycles. The highest BCUT2D eigenvalue weighted by atomic mass is 16.6. The van der Waals surface area contributed by atoms with Gasteiger partial charge in [0.05, 0.1) is 18.8 Å².